The number of halogens is 1. The van der Waals surface area contributed by atoms with E-state index in [1.165, 1.54) is 12.1 Å². The van der Waals surface area contributed by atoms with Crippen LogP contribution in [0.4, 0.5) is 4.39 Å². The lowest BCUT2D eigenvalue weighted by Gasteiger charge is -2.31. The predicted molar refractivity (Wildman–Crippen MR) is 86.2 cm³/mol. The van der Waals surface area contributed by atoms with Crippen molar-refractivity contribution in [2.45, 2.75) is 33.6 Å². The van der Waals surface area contributed by atoms with Gasteiger partial charge in [0.2, 0.25) is 5.91 Å². The SMILES string of the molecule is CC(C)(C)CC(=O)N1CCC(c2ccc(F)cc2)=C(C(=O)O)C1. The van der Waals surface area contributed by atoms with Gasteiger partial charge in [0, 0.05) is 13.0 Å². The number of hydrogen-bond acceptors (Lipinski definition) is 2. The van der Waals surface area contributed by atoms with E-state index < -0.39 is 5.97 Å². The third kappa shape index (κ3) is 4.41. The van der Waals surface area contributed by atoms with Crippen molar-refractivity contribution in [1.82, 2.24) is 4.90 Å². The third-order valence-electron chi connectivity index (χ3n) is 3.83. The molecule has 1 heterocycles. The highest BCUT2D eigenvalue weighted by Crippen LogP contribution is 2.29. The smallest absolute Gasteiger partial charge is 0.333 e. The van der Waals surface area contributed by atoms with E-state index in [0.717, 1.165) is 0 Å². The number of carboxylic acids is 1. The van der Waals surface area contributed by atoms with Gasteiger partial charge in [0.15, 0.2) is 0 Å². The molecule has 1 aromatic carbocycles. The van der Waals surface area contributed by atoms with Crippen molar-refractivity contribution in [1.29, 1.82) is 0 Å². The van der Waals surface area contributed by atoms with E-state index >= 15 is 0 Å². The molecule has 1 amide bonds. The van der Waals surface area contributed by atoms with Gasteiger partial charge in [-0.15, -0.1) is 0 Å². The van der Waals surface area contributed by atoms with E-state index in [1.807, 2.05) is 20.8 Å². The van der Waals surface area contributed by atoms with Crippen LogP contribution in [0.2, 0.25) is 0 Å². The number of carbonyl (C=O) groups is 2. The second kappa shape index (κ2) is 6.52. The lowest BCUT2D eigenvalue weighted by Crippen LogP contribution is -2.40. The molecule has 0 aliphatic carbocycles. The maximum atomic E-state index is 13.0. The summed E-state index contributed by atoms with van der Waals surface area (Å²) in [6.07, 6.45) is 0.842. The molecule has 0 saturated heterocycles. The molecule has 1 aliphatic heterocycles. The maximum absolute atomic E-state index is 13.0. The van der Waals surface area contributed by atoms with Crippen molar-refractivity contribution in [3.63, 3.8) is 0 Å². The molecule has 0 bridgehead atoms. The van der Waals surface area contributed by atoms with Crippen molar-refractivity contribution in [3.05, 3.63) is 41.2 Å². The van der Waals surface area contributed by atoms with E-state index in [2.05, 4.69) is 0 Å². The summed E-state index contributed by atoms with van der Waals surface area (Å²) in [6.45, 7) is 6.52. The molecule has 0 aromatic heterocycles. The molecule has 0 radical (unpaired) electrons. The fourth-order valence-corrected chi connectivity index (χ4v) is 2.71. The number of benzene rings is 1. The van der Waals surface area contributed by atoms with Crippen LogP contribution < -0.4 is 0 Å². The summed E-state index contributed by atoms with van der Waals surface area (Å²) in [7, 11) is 0. The zero-order valence-corrected chi connectivity index (χ0v) is 13.7. The molecule has 1 N–H and O–H groups in total. The van der Waals surface area contributed by atoms with Crippen molar-refractivity contribution in [2.24, 2.45) is 5.41 Å². The Labute approximate surface area is 135 Å². The monoisotopic (exact) mass is 319 g/mol. The van der Waals surface area contributed by atoms with Gasteiger partial charge in [0.05, 0.1) is 12.1 Å². The summed E-state index contributed by atoms with van der Waals surface area (Å²) in [5.74, 6) is -1.42. The van der Waals surface area contributed by atoms with Crippen LogP contribution >= 0.6 is 0 Å². The van der Waals surface area contributed by atoms with E-state index in [-0.39, 0.29) is 29.3 Å². The van der Waals surface area contributed by atoms with Crippen LogP contribution in [0.3, 0.4) is 0 Å². The Morgan fingerprint density at radius 3 is 2.35 bits per heavy atom. The van der Waals surface area contributed by atoms with Crippen LogP contribution in [-0.4, -0.2) is 35.0 Å². The number of carbonyl (C=O) groups excluding carboxylic acids is 1. The Bertz CT molecular complexity index is 641. The summed E-state index contributed by atoms with van der Waals surface area (Å²) in [5, 5.41) is 9.49. The Balaban J connectivity index is 2.26. The highest BCUT2D eigenvalue weighted by Gasteiger charge is 2.29. The van der Waals surface area contributed by atoms with Crippen LogP contribution in [-0.2, 0) is 9.59 Å². The first-order valence-electron chi connectivity index (χ1n) is 7.66. The first-order valence-corrected chi connectivity index (χ1v) is 7.66. The Morgan fingerprint density at radius 2 is 1.83 bits per heavy atom. The minimum absolute atomic E-state index is 0.0330. The van der Waals surface area contributed by atoms with Gasteiger partial charge in [-0.05, 0) is 35.1 Å². The lowest BCUT2D eigenvalue weighted by atomic mass is 9.89. The number of aliphatic carboxylic acids is 1. The largest absolute Gasteiger partial charge is 0.478 e. The van der Waals surface area contributed by atoms with Gasteiger partial charge >= 0.3 is 5.97 Å². The quantitative estimate of drug-likeness (QED) is 0.929. The lowest BCUT2D eigenvalue weighted by molar-refractivity contribution is -0.135. The molecule has 0 saturated carbocycles. The topological polar surface area (TPSA) is 57.6 Å². The van der Waals surface area contributed by atoms with E-state index in [4.69, 9.17) is 0 Å². The van der Waals surface area contributed by atoms with Crippen molar-refractivity contribution < 1.29 is 19.1 Å². The van der Waals surface area contributed by atoms with E-state index in [9.17, 15) is 19.1 Å². The Kier molecular flexibility index (Phi) is 4.88. The summed E-state index contributed by atoms with van der Waals surface area (Å²) in [6, 6.07) is 5.80. The number of hydrogen-bond donors (Lipinski definition) is 1. The normalized spacial score (nSPS) is 15.7. The molecule has 1 aliphatic rings. The minimum atomic E-state index is -1.03. The average molecular weight is 319 g/mol. The Morgan fingerprint density at radius 1 is 1.22 bits per heavy atom. The predicted octanol–water partition coefficient (Wildman–Crippen LogP) is 3.33. The van der Waals surface area contributed by atoms with Gasteiger partial charge in [-0.1, -0.05) is 32.9 Å². The third-order valence-corrected chi connectivity index (χ3v) is 3.83. The molecule has 1 aromatic rings. The second-order valence-corrected chi connectivity index (χ2v) is 7.07. The summed E-state index contributed by atoms with van der Waals surface area (Å²) < 4.78 is 13.0. The van der Waals surface area contributed by atoms with Gasteiger partial charge in [0.25, 0.3) is 0 Å². The highest BCUT2D eigenvalue weighted by atomic mass is 19.1. The molecule has 0 unspecified atom stereocenters. The number of carboxylic acid groups (broad SMARTS) is 1. The van der Waals surface area contributed by atoms with Crippen LogP contribution in [0.5, 0.6) is 0 Å². The molecule has 4 nitrogen and oxygen atoms in total. The first-order chi connectivity index (χ1) is 10.7. The van der Waals surface area contributed by atoms with Gasteiger partial charge in [-0.25, -0.2) is 9.18 Å². The fourth-order valence-electron chi connectivity index (χ4n) is 2.71. The zero-order valence-electron chi connectivity index (χ0n) is 13.7. The molecular weight excluding hydrogens is 297 g/mol. The summed E-state index contributed by atoms with van der Waals surface area (Å²) in [5.41, 5.74) is 1.45. The van der Waals surface area contributed by atoms with Crippen LogP contribution in [0.25, 0.3) is 5.57 Å². The number of amides is 1. The van der Waals surface area contributed by atoms with Crippen LogP contribution in [0.15, 0.2) is 29.8 Å². The zero-order chi connectivity index (χ0) is 17.2. The maximum Gasteiger partial charge on any atom is 0.333 e. The first kappa shape index (κ1) is 17.2. The average Bonchev–Trinajstić information content (AvgIpc) is 2.45. The van der Waals surface area contributed by atoms with E-state index in [0.29, 0.717) is 30.5 Å². The molecule has 0 atom stereocenters. The summed E-state index contributed by atoms with van der Waals surface area (Å²) in [4.78, 5) is 25.5. The highest BCUT2D eigenvalue weighted by molar-refractivity contribution is 5.98. The van der Waals surface area contributed by atoms with Crippen molar-refractivity contribution >= 4 is 17.4 Å². The molecular formula is C18H22FNO3. The van der Waals surface area contributed by atoms with Crippen molar-refractivity contribution in [2.75, 3.05) is 13.1 Å². The summed E-state index contributed by atoms with van der Waals surface area (Å²) >= 11 is 0. The molecule has 0 spiro atoms. The van der Waals surface area contributed by atoms with Crippen LogP contribution in [0.1, 0.15) is 39.2 Å². The molecule has 2 rings (SSSR count). The Hall–Kier alpha value is -2.17. The van der Waals surface area contributed by atoms with Crippen LogP contribution in [0, 0.1) is 11.2 Å². The van der Waals surface area contributed by atoms with Gasteiger partial charge in [-0.3, -0.25) is 4.79 Å². The number of nitrogens with zero attached hydrogens (tertiary/aromatic N) is 1. The van der Waals surface area contributed by atoms with Gasteiger partial charge in [0.1, 0.15) is 5.82 Å². The standard InChI is InChI=1S/C18H22FNO3/c1-18(2,3)10-16(21)20-9-8-14(15(11-20)17(22)23)12-4-6-13(19)7-5-12/h4-7H,8-11H2,1-3H3,(H,22,23). The van der Waals surface area contributed by atoms with Gasteiger partial charge < -0.3 is 10.0 Å². The van der Waals surface area contributed by atoms with E-state index in [1.54, 1.807) is 17.0 Å². The fraction of sp³-hybridized carbons (Fsp3) is 0.444. The second-order valence-electron chi connectivity index (χ2n) is 7.07. The molecule has 0 fully saturated rings. The van der Waals surface area contributed by atoms with Crippen molar-refractivity contribution in [3.8, 4) is 0 Å². The molecule has 23 heavy (non-hydrogen) atoms. The minimum Gasteiger partial charge on any atom is -0.478 e. The van der Waals surface area contributed by atoms with Gasteiger partial charge in [-0.2, -0.15) is 0 Å². The number of rotatable bonds is 3. The molecule has 5 heteroatoms. The molecule has 124 valence electrons.